The van der Waals surface area contributed by atoms with Crippen LogP contribution in [0.3, 0.4) is 0 Å². The Hall–Kier alpha value is -1.27. The molecular weight excluding hydrogens is 278 g/mol. The maximum absolute atomic E-state index is 12.6. The summed E-state index contributed by atoms with van der Waals surface area (Å²) < 4.78 is 37.8. The number of rotatable bonds is 2. The highest BCUT2D eigenvalue weighted by Crippen LogP contribution is 2.33. The van der Waals surface area contributed by atoms with Gasteiger partial charge in [0.1, 0.15) is 0 Å². The number of fused-ring (bicyclic) bond motifs is 1. The zero-order valence-electron chi connectivity index (χ0n) is 11.4. The number of benzene rings is 1. The van der Waals surface area contributed by atoms with Crippen LogP contribution in [0.1, 0.15) is 25.7 Å². The Morgan fingerprint density at radius 1 is 0.900 bits per heavy atom. The number of piperidine rings is 1. The monoisotopic (exact) mass is 297 g/mol. The fourth-order valence-electron chi connectivity index (χ4n) is 2.56. The summed E-state index contributed by atoms with van der Waals surface area (Å²) in [5.41, 5.74) is 0. The van der Waals surface area contributed by atoms with Gasteiger partial charge in [0.25, 0.3) is 0 Å². The molecule has 2 aliphatic rings. The Bertz CT molecular complexity index is 579. The first kappa shape index (κ1) is 13.7. The molecule has 110 valence electrons. The molecule has 2 heterocycles. The lowest BCUT2D eigenvalue weighted by atomic mass is 10.2. The molecule has 0 aliphatic carbocycles. The van der Waals surface area contributed by atoms with Crippen molar-refractivity contribution in [1.29, 1.82) is 0 Å². The molecular formula is C14H19NO4S. The highest BCUT2D eigenvalue weighted by atomic mass is 32.2. The first-order valence-corrected chi connectivity index (χ1v) is 8.52. The van der Waals surface area contributed by atoms with Crippen molar-refractivity contribution >= 4 is 10.0 Å². The normalized spacial score (nSPS) is 20.4. The van der Waals surface area contributed by atoms with Gasteiger partial charge in [0.15, 0.2) is 11.5 Å². The third-order valence-electron chi connectivity index (χ3n) is 3.67. The van der Waals surface area contributed by atoms with Gasteiger partial charge in [-0.2, -0.15) is 4.31 Å². The van der Waals surface area contributed by atoms with Gasteiger partial charge in [0.05, 0.1) is 18.1 Å². The molecule has 0 aromatic heterocycles. The van der Waals surface area contributed by atoms with Crippen LogP contribution in [0.4, 0.5) is 0 Å². The minimum Gasteiger partial charge on any atom is -0.490 e. The second-order valence-electron chi connectivity index (χ2n) is 5.12. The first-order chi connectivity index (χ1) is 9.68. The van der Waals surface area contributed by atoms with Crippen molar-refractivity contribution in [1.82, 2.24) is 4.31 Å². The van der Waals surface area contributed by atoms with Gasteiger partial charge in [-0.1, -0.05) is 6.42 Å². The minimum absolute atomic E-state index is 0.295. The molecule has 5 nitrogen and oxygen atoms in total. The maximum Gasteiger partial charge on any atom is 0.243 e. The summed E-state index contributed by atoms with van der Waals surface area (Å²) in [5.74, 6) is 1.15. The molecule has 0 saturated carbocycles. The third-order valence-corrected chi connectivity index (χ3v) is 5.57. The highest BCUT2D eigenvalue weighted by Gasteiger charge is 2.27. The Morgan fingerprint density at radius 3 is 2.35 bits per heavy atom. The topological polar surface area (TPSA) is 55.8 Å². The Balaban J connectivity index is 1.91. The van der Waals surface area contributed by atoms with Crippen molar-refractivity contribution in [2.75, 3.05) is 26.3 Å². The number of hydrogen-bond acceptors (Lipinski definition) is 4. The average Bonchev–Trinajstić information content (AvgIpc) is 2.72. The van der Waals surface area contributed by atoms with E-state index in [-0.39, 0.29) is 0 Å². The van der Waals surface area contributed by atoms with Crippen molar-refractivity contribution in [3.8, 4) is 11.5 Å². The lowest BCUT2D eigenvalue weighted by Crippen LogP contribution is -2.35. The van der Waals surface area contributed by atoms with Crippen LogP contribution in [-0.4, -0.2) is 39.0 Å². The second kappa shape index (κ2) is 5.61. The summed E-state index contributed by atoms with van der Waals surface area (Å²) in [6.07, 6.45) is 3.78. The Morgan fingerprint density at radius 2 is 1.60 bits per heavy atom. The Kier molecular flexibility index (Phi) is 3.85. The third kappa shape index (κ3) is 2.62. The SMILES string of the molecule is O=S(=O)(c1ccc2c(c1)OCCCO2)N1CCCCC1. The average molecular weight is 297 g/mol. The second-order valence-corrected chi connectivity index (χ2v) is 7.06. The molecule has 1 fully saturated rings. The van der Waals surface area contributed by atoms with Crippen molar-refractivity contribution in [3.63, 3.8) is 0 Å². The van der Waals surface area contributed by atoms with Crippen LogP contribution in [0, 0.1) is 0 Å². The van der Waals surface area contributed by atoms with Crippen LogP contribution >= 0.6 is 0 Å². The lowest BCUT2D eigenvalue weighted by Gasteiger charge is -2.26. The molecule has 20 heavy (non-hydrogen) atoms. The number of sulfonamides is 1. The van der Waals surface area contributed by atoms with Gasteiger partial charge in [-0.3, -0.25) is 0 Å². The largest absolute Gasteiger partial charge is 0.490 e. The predicted molar refractivity (Wildman–Crippen MR) is 74.7 cm³/mol. The molecule has 1 aromatic carbocycles. The standard InChI is InChI=1S/C14H19NO4S/c16-20(17,15-7-2-1-3-8-15)12-5-6-13-14(11-12)19-10-4-9-18-13/h5-6,11H,1-4,7-10H2. The molecule has 0 radical (unpaired) electrons. The fourth-order valence-corrected chi connectivity index (χ4v) is 4.09. The van der Waals surface area contributed by atoms with Gasteiger partial charge >= 0.3 is 0 Å². The van der Waals surface area contributed by atoms with E-state index in [4.69, 9.17) is 9.47 Å². The van der Waals surface area contributed by atoms with Crippen molar-refractivity contribution in [3.05, 3.63) is 18.2 Å². The van der Waals surface area contributed by atoms with Crippen molar-refractivity contribution in [2.45, 2.75) is 30.6 Å². The summed E-state index contributed by atoms with van der Waals surface area (Å²) in [5, 5.41) is 0. The molecule has 2 aliphatic heterocycles. The molecule has 6 heteroatoms. The molecule has 0 unspecified atom stereocenters. The summed E-state index contributed by atoms with van der Waals surface area (Å²) in [6.45, 7) is 2.37. The number of ether oxygens (including phenoxy) is 2. The van der Waals surface area contributed by atoms with Crippen LogP contribution in [0.15, 0.2) is 23.1 Å². The van der Waals surface area contributed by atoms with Crippen LogP contribution < -0.4 is 9.47 Å². The highest BCUT2D eigenvalue weighted by molar-refractivity contribution is 7.89. The van der Waals surface area contributed by atoms with Gasteiger partial charge < -0.3 is 9.47 Å². The molecule has 0 amide bonds. The molecule has 3 rings (SSSR count). The number of hydrogen-bond donors (Lipinski definition) is 0. The minimum atomic E-state index is -3.41. The zero-order valence-corrected chi connectivity index (χ0v) is 12.2. The number of nitrogens with zero attached hydrogens (tertiary/aromatic N) is 1. The van der Waals surface area contributed by atoms with Crippen LogP contribution in [0.2, 0.25) is 0 Å². The van der Waals surface area contributed by atoms with E-state index in [0.29, 0.717) is 42.7 Å². The summed E-state index contributed by atoms with van der Waals surface area (Å²) in [7, 11) is -3.41. The summed E-state index contributed by atoms with van der Waals surface area (Å²) in [6, 6.07) is 4.89. The van der Waals surface area contributed by atoms with E-state index in [9.17, 15) is 8.42 Å². The van der Waals surface area contributed by atoms with Crippen molar-refractivity contribution in [2.24, 2.45) is 0 Å². The Labute approximate surface area is 119 Å². The van der Waals surface area contributed by atoms with E-state index < -0.39 is 10.0 Å². The quantitative estimate of drug-likeness (QED) is 0.838. The van der Waals surface area contributed by atoms with E-state index in [0.717, 1.165) is 25.7 Å². The van der Waals surface area contributed by atoms with Crippen LogP contribution in [-0.2, 0) is 10.0 Å². The van der Waals surface area contributed by atoms with E-state index in [1.807, 2.05) is 0 Å². The molecule has 0 atom stereocenters. The van der Waals surface area contributed by atoms with Gasteiger partial charge in [-0.15, -0.1) is 0 Å². The van der Waals surface area contributed by atoms with Gasteiger partial charge in [0, 0.05) is 25.6 Å². The molecule has 0 spiro atoms. The molecule has 0 N–H and O–H groups in total. The van der Waals surface area contributed by atoms with E-state index in [1.165, 1.54) is 0 Å². The smallest absolute Gasteiger partial charge is 0.243 e. The summed E-state index contributed by atoms with van der Waals surface area (Å²) >= 11 is 0. The fraction of sp³-hybridized carbons (Fsp3) is 0.571. The van der Waals surface area contributed by atoms with Gasteiger partial charge in [0.2, 0.25) is 10.0 Å². The predicted octanol–water partition coefficient (Wildman–Crippen LogP) is 2.02. The lowest BCUT2D eigenvalue weighted by molar-refractivity contribution is 0.296. The summed E-state index contributed by atoms with van der Waals surface area (Å²) in [4.78, 5) is 0.295. The van der Waals surface area contributed by atoms with Crippen molar-refractivity contribution < 1.29 is 17.9 Å². The van der Waals surface area contributed by atoms with Gasteiger partial charge in [-0.05, 0) is 25.0 Å². The van der Waals surface area contributed by atoms with Crippen LogP contribution in [0.5, 0.6) is 11.5 Å². The van der Waals surface area contributed by atoms with E-state index in [2.05, 4.69) is 0 Å². The first-order valence-electron chi connectivity index (χ1n) is 7.08. The molecule has 1 aromatic rings. The molecule has 0 bridgehead atoms. The molecule has 1 saturated heterocycles. The maximum atomic E-state index is 12.6. The van der Waals surface area contributed by atoms with Gasteiger partial charge in [-0.25, -0.2) is 8.42 Å². The van der Waals surface area contributed by atoms with E-state index >= 15 is 0 Å². The van der Waals surface area contributed by atoms with E-state index in [1.54, 1.807) is 22.5 Å². The zero-order chi connectivity index (χ0) is 14.0. The van der Waals surface area contributed by atoms with Crippen LogP contribution in [0.25, 0.3) is 0 Å².